The first-order chi connectivity index (χ1) is 11.4. The second-order valence-electron chi connectivity index (χ2n) is 5.37. The number of carbonyl (C=O) groups is 2. The number of aryl methyl sites for hydroxylation is 2. The van der Waals surface area contributed by atoms with Gasteiger partial charge in [-0.05, 0) is 68.3 Å². The van der Waals surface area contributed by atoms with E-state index in [0.29, 0.717) is 23.5 Å². The molecule has 0 amide bonds. The van der Waals surface area contributed by atoms with Gasteiger partial charge >= 0.3 is 5.97 Å². The van der Waals surface area contributed by atoms with Gasteiger partial charge < -0.3 is 9.47 Å². The van der Waals surface area contributed by atoms with Crippen LogP contribution in [0.4, 0.5) is 0 Å². The summed E-state index contributed by atoms with van der Waals surface area (Å²) in [5, 5.41) is 0. The van der Waals surface area contributed by atoms with Crippen molar-refractivity contribution in [1.82, 2.24) is 0 Å². The molecular formula is C19H19BrO4. The van der Waals surface area contributed by atoms with Crippen molar-refractivity contribution in [2.45, 2.75) is 20.8 Å². The molecule has 5 heteroatoms. The van der Waals surface area contributed by atoms with Gasteiger partial charge in [0.2, 0.25) is 0 Å². The monoisotopic (exact) mass is 390 g/mol. The molecule has 0 saturated carbocycles. The van der Waals surface area contributed by atoms with Gasteiger partial charge in [0.1, 0.15) is 5.75 Å². The lowest BCUT2D eigenvalue weighted by Gasteiger charge is -2.13. The Bertz CT molecular complexity index is 727. The summed E-state index contributed by atoms with van der Waals surface area (Å²) in [6.07, 6.45) is 0. The largest absolute Gasteiger partial charge is 0.481 e. The minimum atomic E-state index is -0.411. The van der Waals surface area contributed by atoms with Crippen LogP contribution >= 0.6 is 15.9 Å². The molecule has 0 saturated heterocycles. The van der Waals surface area contributed by atoms with E-state index in [0.717, 1.165) is 15.6 Å². The molecule has 0 spiro atoms. The first-order valence-corrected chi connectivity index (χ1v) is 8.41. The van der Waals surface area contributed by atoms with Crippen molar-refractivity contribution < 1.29 is 19.1 Å². The summed E-state index contributed by atoms with van der Waals surface area (Å²) >= 11 is 3.36. The molecule has 0 fully saturated rings. The Morgan fingerprint density at radius 1 is 1.00 bits per heavy atom. The van der Waals surface area contributed by atoms with Gasteiger partial charge in [-0.15, -0.1) is 0 Å². The lowest BCUT2D eigenvalue weighted by molar-refractivity contribution is -0.145. The van der Waals surface area contributed by atoms with E-state index in [-0.39, 0.29) is 12.4 Å². The number of carbonyl (C=O) groups excluding carboxylic acids is 2. The Hall–Kier alpha value is -2.14. The zero-order valence-corrected chi connectivity index (χ0v) is 15.5. The topological polar surface area (TPSA) is 52.6 Å². The minimum Gasteiger partial charge on any atom is -0.481 e. The Morgan fingerprint density at radius 3 is 2.12 bits per heavy atom. The smallest absolute Gasteiger partial charge is 0.344 e. The van der Waals surface area contributed by atoms with Crippen LogP contribution in [0.25, 0.3) is 0 Å². The number of ether oxygens (including phenoxy) is 2. The van der Waals surface area contributed by atoms with Gasteiger partial charge in [-0.1, -0.05) is 15.9 Å². The maximum absolute atomic E-state index is 12.6. The second-order valence-corrected chi connectivity index (χ2v) is 6.28. The standard InChI is InChI=1S/C19H19BrO4/c1-4-23-17(21)11-24-19-12(2)9-15(10-13(19)3)18(22)14-5-7-16(20)8-6-14/h5-10H,4,11H2,1-3H3. The average molecular weight is 391 g/mol. The Labute approximate surface area is 149 Å². The summed E-state index contributed by atoms with van der Waals surface area (Å²) in [7, 11) is 0. The third kappa shape index (κ3) is 4.45. The van der Waals surface area contributed by atoms with E-state index in [4.69, 9.17) is 9.47 Å². The third-order valence-corrected chi connectivity index (χ3v) is 4.00. The van der Waals surface area contributed by atoms with Crippen molar-refractivity contribution in [1.29, 1.82) is 0 Å². The van der Waals surface area contributed by atoms with Gasteiger partial charge in [0.25, 0.3) is 0 Å². The third-order valence-electron chi connectivity index (χ3n) is 3.47. The highest BCUT2D eigenvalue weighted by atomic mass is 79.9. The van der Waals surface area contributed by atoms with E-state index in [1.54, 1.807) is 31.2 Å². The SMILES string of the molecule is CCOC(=O)COc1c(C)cc(C(=O)c2ccc(Br)cc2)cc1C. The highest BCUT2D eigenvalue weighted by Crippen LogP contribution is 2.26. The first kappa shape index (κ1) is 18.2. The van der Waals surface area contributed by atoms with Crippen molar-refractivity contribution in [2.24, 2.45) is 0 Å². The van der Waals surface area contributed by atoms with Gasteiger partial charge in [0.15, 0.2) is 12.4 Å². The Balaban J connectivity index is 2.21. The van der Waals surface area contributed by atoms with E-state index >= 15 is 0 Å². The van der Waals surface area contributed by atoms with Crippen LogP contribution in [-0.2, 0) is 9.53 Å². The molecule has 2 aromatic carbocycles. The van der Waals surface area contributed by atoms with Crippen LogP contribution in [-0.4, -0.2) is 25.0 Å². The van der Waals surface area contributed by atoms with Crippen molar-refractivity contribution in [3.63, 3.8) is 0 Å². The van der Waals surface area contributed by atoms with Crippen molar-refractivity contribution in [3.05, 3.63) is 63.1 Å². The fourth-order valence-corrected chi connectivity index (χ4v) is 2.68. The predicted molar refractivity (Wildman–Crippen MR) is 95.6 cm³/mol. The number of benzene rings is 2. The van der Waals surface area contributed by atoms with Crippen LogP contribution in [0.5, 0.6) is 5.75 Å². The van der Waals surface area contributed by atoms with Crippen LogP contribution < -0.4 is 4.74 Å². The van der Waals surface area contributed by atoms with Crippen LogP contribution in [0.1, 0.15) is 34.0 Å². The van der Waals surface area contributed by atoms with E-state index in [1.165, 1.54) is 0 Å². The van der Waals surface area contributed by atoms with Gasteiger partial charge in [-0.3, -0.25) is 4.79 Å². The predicted octanol–water partition coefficient (Wildman–Crippen LogP) is 4.24. The number of ketones is 1. The highest BCUT2D eigenvalue weighted by molar-refractivity contribution is 9.10. The number of rotatable bonds is 6. The number of halogens is 1. The number of esters is 1. The van der Waals surface area contributed by atoms with Gasteiger partial charge in [0.05, 0.1) is 6.61 Å². The van der Waals surface area contributed by atoms with Crippen molar-refractivity contribution in [2.75, 3.05) is 13.2 Å². The van der Waals surface area contributed by atoms with Crippen molar-refractivity contribution >= 4 is 27.7 Å². The quantitative estimate of drug-likeness (QED) is 0.546. The zero-order chi connectivity index (χ0) is 17.7. The van der Waals surface area contributed by atoms with Gasteiger partial charge in [-0.2, -0.15) is 0 Å². The number of hydrogen-bond donors (Lipinski definition) is 0. The van der Waals surface area contributed by atoms with E-state index in [1.807, 2.05) is 26.0 Å². The molecule has 2 rings (SSSR count). The van der Waals surface area contributed by atoms with E-state index in [9.17, 15) is 9.59 Å². The molecule has 4 nitrogen and oxygen atoms in total. The molecule has 0 heterocycles. The average Bonchev–Trinajstić information content (AvgIpc) is 2.54. The first-order valence-electron chi connectivity index (χ1n) is 7.62. The molecule has 0 aliphatic carbocycles. The molecule has 0 N–H and O–H groups in total. The summed E-state index contributed by atoms with van der Waals surface area (Å²) in [6.45, 7) is 5.63. The fourth-order valence-electron chi connectivity index (χ4n) is 2.41. The van der Waals surface area contributed by atoms with Crippen LogP contribution in [0, 0.1) is 13.8 Å². The van der Waals surface area contributed by atoms with Crippen LogP contribution in [0.3, 0.4) is 0 Å². The molecule has 2 aromatic rings. The van der Waals surface area contributed by atoms with E-state index < -0.39 is 5.97 Å². The zero-order valence-electron chi connectivity index (χ0n) is 13.9. The van der Waals surface area contributed by atoms with E-state index in [2.05, 4.69) is 15.9 Å². The molecule has 0 aromatic heterocycles. The van der Waals surface area contributed by atoms with Gasteiger partial charge in [-0.25, -0.2) is 4.79 Å². The fraction of sp³-hybridized carbons (Fsp3) is 0.263. The van der Waals surface area contributed by atoms with Crippen LogP contribution in [0.2, 0.25) is 0 Å². The molecule has 24 heavy (non-hydrogen) atoms. The molecule has 0 aliphatic rings. The summed E-state index contributed by atoms with van der Waals surface area (Å²) in [5.41, 5.74) is 2.83. The van der Waals surface area contributed by atoms with Crippen molar-refractivity contribution in [3.8, 4) is 5.75 Å². The molecular weight excluding hydrogens is 372 g/mol. The second kappa shape index (κ2) is 8.11. The molecule has 0 atom stereocenters. The Kier molecular flexibility index (Phi) is 6.15. The molecule has 0 radical (unpaired) electrons. The normalized spacial score (nSPS) is 10.3. The summed E-state index contributed by atoms with van der Waals surface area (Å²) in [6, 6.07) is 10.8. The maximum Gasteiger partial charge on any atom is 0.344 e. The molecule has 0 aliphatic heterocycles. The Morgan fingerprint density at radius 2 is 1.58 bits per heavy atom. The minimum absolute atomic E-state index is 0.0503. The lowest BCUT2D eigenvalue weighted by Crippen LogP contribution is -2.15. The maximum atomic E-state index is 12.6. The molecule has 0 bridgehead atoms. The molecule has 126 valence electrons. The summed E-state index contributed by atoms with van der Waals surface area (Å²) < 4.78 is 11.3. The molecule has 0 unspecified atom stereocenters. The lowest BCUT2D eigenvalue weighted by atomic mass is 9.98. The van der Waals surface area contributed by atoms with Crippen LogP contribution in [0.15, 0.2) is 40.9 Å². The summed E-state index contributed by atoms with van der Waals surface area (Å²) in [5.74, 6) is 0.146. The van der Waals surface area contributed by atoms with Gasteiger partial charge in [0, 0.05) is 15.6 Å². The summed E-state index contributed by atoms with van der Waals surface area (Å²) in [4.78, 5) is 24.0. The number of hydrogen-bond acceptors (Lipinski definition) is 4. The highest BCUT2D eigenvalue weighted by Gasteiger charge is 2.14.